The van der Waals surface area contributed by atoms with Crippen molar-refractivity contribution in [3.8, 4) is 17.3 Å². The van der Waals surface area contributed by atoms with Gasteiger partial charge in [-0.2, -0.15) is 18.2 Å². The van der Waals surface area contributed by atoms with Crippen LogP contribution in [0, 0.1) is 22.7 Å². The number of amides is 2. The lowest BCUT2D eigenvalue weighted by Crippen LogP contribution is -2.48. The molecule has 0 spiro atoms. The molecule has 3 aromatic heterocycles. The summed E-state index contributed by atoms with van der Waals surface area (Å²) in [6.07, 6.45) is -3.25. The summed E-state index contributed by atoms with van der Waals surface area (Å²) >= 11 is 1.20. The van der Waals surface area contributed by atoms with Crippen molar-refractivity contribution in [3.63, 3.8) is 0 Å². The van der Waals surface area contributed by atoms with E-state index >= 15 is 4.79 Å². The van der Waals surface area contributed by atoms with E-state index in [1.54, 1.807) is 36.6 Å². The molecule has 1 saturated heterocycles. The molecule has 14 nitrogen and oxygen atoms in total. The molecule has 19 heteroatoms. The average molecular weight is 922 g/mol. The van der Waals surface area contributed by atoms with Crippen molar-refractivity contribution in [3.05, 3.63) is 82.8 Å². The zero-order chi connectivity index (χ0) is 45.9. The number of aromatic nitrogens is 3. The summed E-state index contributed by atoms with van der Waals surface area (Å²) in [6, 6.07) is 10.2. The lowest BCUT2D eigenvalue weighted by Gasteiger charge is -2.35. The Morgan fingerprint density at radius 1 is 1.06 bits per heavy atom. The van der Waals surface area contributed by atoms with Gasteiger partial charge in [-0.1, -0.05) is 51.1 Å². The molecule has 5 aromatic rings. The molecular formula is C45H46F3N5O9S2. The highest BCUT2D eigenvalue weighted by atomic mass is 32.2. The molecule has 0 unspecified atom stereocenters. The van der Waals surface area contributed by atoms with Gasteiger partial charge in [-0.15, -0.1) is 17.9 Å². The number of nitrogens with one attached hydrogen (secondary N) is 1. The highest BCUT2D eigenvalue weighted by molar-refractivity contribution is 7.90. The van der Waals surface area contributed by atoms with E-state index in [-0.39, 0.29) is 67.4 Å². The van der Waals surface area contributed by atoms with Gasteiger partial charge in [0.15, 0.2) is 17.3 Å². The van der Waals surface area contributed by atoms with Crippen LogP contribution >= 0.6 is 11.3 Å². The Labute approximate surface area is 370 Å². The first-order valence-electron chi connectivity index (χ1n) is 20.9. The molecule has 1 aliphatic heterocycles. The number of alkyl halides is 3. The van der Waals surface area contributed by atoms with Gasteiger partial charge >= 0.3 is 12.1 Å². The molecule has 4 heterocycles. The number of thiazole rings is 1. The summed E-state index contributed by atoms with van der Waals surface area (Å²) in [5.41, 5.74) is -1.69. The number of ether oxygens (including phenoxy) is 2. The van der Waals surface area contributed by atoms with Crippen LogP contribution in [-0.4, -0.2) is 82.4 Å². The van der Waals surface area contributed by atoms with Gasteiger partial charge in [-0.05, 0) is 61.8 Å². The number of hydrogen-bond donors (Lipinski definition) is 1. The first-order valence-corrected chi connectivity index (χ1v) is 23.3. The quantitative estimate of drug-likeness (QED) is 0.0797. The maximum absolute atomic E-state index is 15.0. The number of fused-ring (bicyclic) bond motifs is 3. The third-order valence-electron chi connectivity index (χ3n) is 12.2. The van der Waals surface area contributed by atoms with E-state index < -0.39 is 85.4 Å². The number of allylic oxidation sites excluding steroid dienone is 1. The number of likely N-dealkylation sites (tertiary alicyclic amines) is 1. The molecule has 2 aliphatic carbocycles. The summed E-state index contributed by atoms with van der Waals surface area (Å²) in [6.45, 7) is 11.1. The van der Waals surface area contributed by atoms with Crippen LogP contribution in [0.4, 0.5) is 13.2 Å². The number of hydrogen-bond acceptors (Lipinski definition) is 13. The summed E-state index contributed by atoms with van der Waals surface area (Å²) in [5, 5.41) is 1.97. The van der Waals surface area contributed by atoms with Crippen molar-refractivity contribution in [2.45, 2.75) is 89.8 Å². The Bertz CT molecular complexity index is 2780. The van der Waals surface area contributed by atoms with Gasteiger partial charge < -0.3 is 18.8 Å². The van der Waals surface area contributed by atoms with Crippen molar-refractivity contribution >= 4 is 67.0 Å². The second-order valence-corrected chi connectivity index (χ2v) is 20.6. The standard InChI is InChI=1S/C45H46F3N5O9S2/c1-6-25-20-44(25,42(57)52-64(58,59)28-16-17-28)21-33(54)32-18-27(22-53(32)40(55)30(43(3,4)5)19-35-49-31(23-63-35)41(56)60-7-2)61-39-37-36(29-10-8-9-11-34(29)62-37)50-38(51-39)24-12-14-26(15-13-24)45(46,47)48/h6,8-15,23,25,27-28,30,32H,1,7,16-22H2,2-5H3,(H,52,57)/t25-,27-,30-,32+,44-/m1/s1. The Balaban J connectivity index is 1.15. The topological polar surface area (TPSA) is 188 Å². The first kappa shape index (κ1) is 44.9. The lowest BCUT2D eigenvalue weighted by atomic mass is 9.77. The molecule has 5 atom stereocenters. The van der Waals surface area contributed by atoms with Crippen LogP contribution in [0.2, 0.25) is 0 Å². The number of carbonyl (C=O) groups excluding carboxylic acids is 4. The molecule has 8 rings (SSSR count). The summed E-state index contributed by atoms with van der Waals surface area (Å²) < 4.78 is 86.3. The van der Waals surface area contributed by atoms with E-state index in [1.165, 1.54) is 34.4 Å². The summed E-state index contributed by atoms with van der Waals surface area (Å²) in [5.74, 6) is -3.60. The molecule has 2 amide bonds. The first-order chi connectivity index (χ1) is 30.2. The monoisotopic (exact) mass is 921 g/mol. The zero-order valence-electron chi connectivity index (χ0n) is 35.4. The molecule has 0 radical (unpaired) electrons. The Morgan fingerprint density at radius 2 is 1.78 bits per heavy atom. The van der Waals surface area contributed by atoms with Crippen molar-refractivity contribution in [1.82, 2.24) is 24.6 Å². The number of carbonyl (C=O) groups is 4. The Hall–Kier alpha value is -5.69. The maximum Gasteiger partial charge on any atom is 0.416 e. The molecule has 3 fully saturated rings. The lowest BCUT2D eigenvalue weighted by molar-refractivity contribution is -0.144. The molecule has 2 aromatic carbocycles. The predicted molar refractivity (Wildman–Crippen MR) is 229 cm³/mol. The molecule has 1 N–H and O–H groups in total. The van der Waals surface area contributed by atoms with Gasteiger partial charge in [0, 0.05) is 41.5 Å². The zero-order valence-corrected chi connectivity index (χ0v) is 37.1. The minimum absolute atomic E-state index is 0.0399. The van der Waals surface area contributed by atoms with Crippen molar-refractivity contribution in [1.29, 1.82) is 0 Å². The number of rotatable bonds is 15. The molecular weight excluding hydrogens is 876 g/mol. The second kappa shape index (κ2) is 16.7. The highest BCUT2D eigenvalue weighted by Crippen LogP contribution is 2.57. The fourth-order valence-electron chi connectivity index (χ4n) is 8.32. The number of para-hydroxylation sites is 1. The van der Waals surface area contributed by atoms with Gasteiger partial charge in [0.1, 0.15) is 17.2 Å². The SMILES string of the molecule is C=C[C@@H]1C[C@]1(CC(=O)[C@@H]1C[C@@H](Oc2nc(-c3ccc(C(F)(F)F)cc3)nc3c2oc2ccccc23)CN1C(=O)[C@@H](Cc1nc(C(=O)OCC)cs1)C(C)(C)C)C(=O)NS(=O)(=O)C1CC1. The van der Waals surface area contributed by atoms with E-state index in [1.807, 2.05) is 20.8 Å². The number of sulfonamides is 1. The number of Topliss-reactive ketones (excluding diaryl/α,β-unsaturated/α-hetero) is 1. The normalized spacial score (nSPS) is 21.7. The number of ketones is 1. The molecule has 2 saturated carbocycles. The predicted octanol–water partition coefficient (Wildman–Crippen LogP) is 7.71. The van der Waals surface area contributed by atoms with Gasteiger partial charge in [0.25, 0.3) is 5.88 Å². The highest BCUT2D eigenvalue weighted by Gasteiger charge is 2.61. The Morgan fingerprint density at radius 3 is 2.42 bits per heavy atom. The van der Waals surface area contributed by atoms with E-state index in [2.05, 4.69) is 26.3 Å². The van der Waals surface area contributed by atoms with Gasteiger partial charge in [0.2, 0.25) is 27.4 Å². The van der Waals surface area contributed by atoms with Crippen LogP contribution in [0.1, 0.15) is 80.9 Å². The number of furan rings is 1. The van der Waals surface area contributed by atoms with E-state index in [9.17, 15) is 36.0 Å². The van der Waals surface area contributed by atoms with Crippen LogP contribution in [0.5, 0.6) is 5.88 Å². The fourth-order valence-corrected chi connectivity index (χ4v) is 10.5. The van der Waals surface area contributed by atoms with Crippen LogP contribution in [0.25, 0.3) is 33.5 Å². The minimum atomic E-state index is -4.57. The van der Waals surface area contributed by atoms with Crippen molar-refractivity contribution < 1.29 is 54.7 Å². The third-order valence-corrected chi connectivity index (χ3v) is 14.9. The maximum atomic E-state index is 15.0. The van der Waals surface area contributed by atoms with E-state index in [0.717, 1.165) is 12.1 Å². The summed E-state index contributed by atoms with van der Waals surface area (Å²) in [4.78, 5) is 71.1. The molecule has 338 valence electrons. The second-order valence-electron chi connectivity index (χ2n) is 17.7. The largest absolute Gasteiger partial charge is 0.470 e. The summed E-state index contributed by atoms with van der Waals surface area (Å²) in [7, 11) is -3.94. The number of benzene rings is 2. The minimum Gasteiger partial charge on any atom is -0.470 e. The van der Waals surface area contributed by atoms with Crippen molar-refractivity contribution in [2.75, 3.05) is 13.2 Å². The third kappa shape index (κ3) is 8.88. The van der Waals surface area contributed by atoms with E-state index in [0.29, 0.717) is 34.3 Å². The Kier molecular flexibility index (Phi) is 11.7. The van der Waals surface area contributed by atoms with Crippen LogP contribution in [-0.2, 0) is 41.7 Å². The van der Waals surface area contributed by atoms with Crippen LogP contribution < -0.4 is 9.46 Å². The molecule has 3 aliphatic rings. The number of esters is 1. The molecule has 64 heavy (non-hydrogen) atoms. The fraction of sp³-hybridized carbons (Fsp3) is 0.444. The molecule has 0 bridgehead atoms. The van der Waals surface area contributed by atoms with Crippen LogP contribution in [0.3, 0.4) is 0 Å². The van der Waals surface area contributed by atoms with Gasteiger partial charge in [-0.3, -0.25) is 19.1 Å². The number of nitrogens with zero attached hydrogens (tertiary/aromatic N) is 4. The van der Waals surface area contributed by atoms with Gasteiger partial charge in [-0.25, -0.2) is 23.2 Å². The average Bonchev–Trinajstić information content (AvgIpc) is 4.07. The van der Waals surface area contributed by atoms with Crippen LogP contribution in [0.15, 0.2) is 71.0 Å². The van der Waals surface area contributed by atoms with Gasteiger partial charge in [0.05, 0.1) is 40.4 Å². The van der Waals surface area contributed by atoms with Crippen molar-refractivity contribution in [2.24, 2.45) is 22.7 Å². The smallest absolute Gasteiger partial charge is 0.416 e. The number of halogens is 3. The van der Waals surface area contributed by atoms with E-state index in [4.69, 9.17) is 13.9 Å².